The van der Waals surface area contributed by atoms with Gasteiger partial charge in [-0.15, -0.1) is 0 Å². The molecule has 204 valence electrons. The number of nitrogens with zero attached hydrogens (tertiary/aromatic N) is 2. The normalized spacial score (nSPS) is 11.6. The van der Waals surface area contributed by atoms with Gasteiger partial charge in [0.2, 0.25) is 11.8 Å². The van der Waals surface area contributed by atoms with Crippen LogP contribution in [0.3, 0.4) is 0 Å². The fourth-order valence-electron chi connectivity index (χ4n) is 5.08. The Morgan fingerprint density at radius 1 is 0.718 bits per heavy atom. The van der Waals surface area contributed by atoms with E-state index in [1.807, 2.05) is 38.1 Å². The molecule has 0 fully saturated rings. The Hall–Kier alpha value is -4.20. The molecule has 4 aromatic rings. The fraction of sp³-hybridized carbons (Fsp3) is 0.355. The van der Waals surface area contributed by atoms with Crippen molar-refractivity contribution >= 4 is 56.4 Å². The molecule has 8 nitrogen and oxygen atoms in total. The van der Waals surface area contributed by atoms with Gasteiger partial charge in [0, 0.05) is 44.9 Å². The summed E-state index contributed by atoms with van der Waals surface area (Å²) in [5, 5.41) is 7.58. The monoisotopic (exact) mass is 526 g/mol. The van der Waals surface area contributed by atoms with Crippen LogP contribution in [-0.4, -0.2) is 21.8 Å². The van der Waals surface area contributed by atoms with E-state index in [9.17, 15) is 9.59 Å². The molecule has 2 amide bonds. The standard InChI is InChI=1S/C31H38N6O2/c1-5-7-13-31(14-8-6-2,29(38)36-21-9-11-27-23(17-21)25(32)15-19(3)34-27)30(39)37-22-10-12-28-24(18-22)26(33)16-20(4)35-28/h9-12,15-18H,5-8,13-14H2,1-4H3,(H2,32,34)(H2,33,35)(H,36,38)(H,37,39). The van der Waals surface area contributed by atoms with Gasteiger partial charge < -0.3 is 22.1 Å². The van der Waals surface area contributed by atoms with Crippen LogP contribution in [0.5, 0.6) is 0 Å². The molecule has 0 radical (unpaired) electrons. The van der Waals surface area contributed by atoms with Gasteiger partial charge in [-0.3, -0.25) is 19.6 Å². The Morgan fingerprint density at radius 2 is 1.13 bits per heavy atom. The van der Waals surface area contributed by atoms with E-state index in [0.29, 0.717) is 35.6 Å². The molecule has 0 spiro atoms. The summed E-state index contributed by atoms with van der Waals surface area (Å²) in [6.45, 7) is 7.90. The lowest BCUT2D eigenvalue weighted by molar-refractivity contribution is -0.138. The van der Waals surface area contributed by atoms with Crippen molar-refractivity contribution in [3.05, 3.63) is 59.9 Å². The van der Waals surface area contributed by atoms with Gasteiger partial charge in [0.05, 0.1) is 11.0 Å². The highest BCUT2D eigenvalue weighted by molar-refractivity contribution is 6.15. The van der Waals surface area contributed by atoms with Gasteiger partial charge >= 0.3 is 0 Å². The lowest BCUT2D eigenvalue weighted by atomic mass is 9.76. The topological polar surface area (TPSA) is 136 Å². The summed E-state index contributed by atoms with van der Waals surface area (Å²) >= 11 is 0. The van der Waals surface area contributed by atoms with Crippen molar-refractivity contribution in [3.8, 4) is 0 Å². The first-order chi connectivity index (χ1) is 18.7. The van der Waals surface area contributed by atoms with Crippen molar-refractivity contribution in [2.24, 2.45) is 5.41 Å². The minimum absolute atomic E-state index is 0.322. The highest BCUT2D eigenvalue weighted by Gasteiger charge is 2.44. The third-order valence-corrected chi connectivity index (χ3v) is 7.24. The van der Waals surface area contributed by atoms with Crippen LogP contribution in [-0.2, 0) is 9.59 Å². The number of hydrogen-bond donors (Lipinski definition) is 4. The van der Waals surface area contributed by atoms with Crippen molar-refractivity contribution in [3.63, 3.8) is 0 Å². The van der Waals surface area contributed by atoms with Crippen molar-refractivity contribution in [1.82, 2.24) is 9.97 Å². The molecule has 8 heteroatoms. The number of nitrogen functional groups attached to an aromatic ring is 2. The Balaban J connectivity index is 1.68. The van der Waals surface area contributed by atoms with Gasteiger partial charge in [-0.2, -0.15) is 0 Å². The van der Waals surface area contributed by atoms with E-state index < -0.39 is 5.41 Å². The number of hydrogen-bond acceptors (Lipinski definition) is 6. The number of rotatable bonds is 10. The highest BCUT2D eigenvalue weighted by Crippen LogP contribution is 2.36. The summed E-state index contributed by atoms with van der Waals surface area (Å²) < 4.78 is 0. The first kappa shape index (κ1) is 27.8. The molecule has 6 N–H and O–H groups in total. The van der Waals surface area contributed by atoms with E-state index in [-0.39, 0.29) is 11.8 Å². The van der Waals surface area contributed by atoms with Gasteiger partial charge in [0.25, 0.3) is 0 Å². The second kappa shape index (κ2) is 11.7. The number of pyridine rings is 2. The minimum atomic E-state index is -1.25. The Morgan fingerprint density at radius 3 is 1.51 bits per heavy atom. The molecule has 4 rings (SSSR count). The summed E-state index contributed by atoms with van der Waals surface area (Å²) in [6.07, 6.45) is 4.09. The summed E-state index contributed by atoms with van der Waals surface area (Å²) in [6, 6.07) is 14.5. The molecule has 0 saturated heterocycles. The molecule has 2 aromatic carbocycles. The Labute approximate surface area is 229 Å². The third kappa shape index (κ3) is 5.95. The fourth-order valence-corrected chi connectivity index (χ4v) is 5.08. The molecule has 0 aliphatic carbocycles. The Kier molecular flexibility index (Phi) is 8.33. The van der Waals surface area contributed by atoms with Crippen LogP contribution >= 0.6 is 0 Å². The van der Waals surface area contributed by atoms with Gasteiger partial charge in [-0.1, -0.05) is 39.5 Å². The van der Waals surface area contributed by atoms with Gasteiger partial charge in [-0.05, 0) is 75.2 Å². The van der Waals surface area contributed by atoms with Crippen LogP contribution < -0.4 is 22.1 Å². The number of nitrogens with two attached hydrogens (primary N) is 2. The molecule has 0 saturated carbocycles. The summed E-state index contributed by atoms with van der Waals surface area (Å²) in [4.78, 5) is 37.1. The van der Waals surface area contributed by atoms with Crippen LogP contribution in [0.15, 0.2) is 48.5 Å². The van der Waals surface area contributed by atoms with Gasteiger partial charge in [0.1, 0.15) is 5.41 Å². The zero-order chi connectivity index (χ0) is 28.2. The molecule has 0 aliphatic rings. The average molecular weight is 527 g/mol. The molecular weight excluding hydrogens is 488 g/mol. The maximum Gasteiger partial charge on any atom is 0.240 e. The third-order valence-electron chi connectivity index (χ3n) is 7.24. The first-order valence-corrected chi connectivity index (χ1v) is 13.6. The lowest BCUT2D eigenvalue weighted by Crippen LogP contribution is -2.46. The first-order valence-electron chi connectivity index (χ1n) is 13.6. The van der Waals surface area contributed by atoms with Crippen LogP contribution in [0.1, 0.15) is 63.8 Å². The summed E-state index contributed by atoms with van der Waals surface area (Å²) in [7, 11) is 0. The average Bonchev–Trinajstić information content (AvgIpc) is 2.89. The minimum Gasteiger partial charge on any atom is -0.398 e. The second-order valence-corrected chi connectivity index (χ2v) is 10.4. The number of aryl methyl sites for hydroxylation is 2. The smallest absolute Gasteiger partial charge is 0.240 e. The number of unbranched alkanes of at least 4 members (excludes halogenated alkanes) is 2. The number of fused-ring (bicyclic) bond motifs is 2. The molecule has 39 heavy (non-hydrogen) atoms. The van der Waals surface area contributed by atoms with Gasteiger partial charge in [-0.25, -0.2) is 0 Å². The molecular formula is C31H38N6O2. The van der Waals surface area contributed by atoms with Crippen molar-refractivity contribution < 1.29 is 9.59 Å². The molecule has 2 aromatic heterocycles. The maximum absolute atomic E-state index is 14.0. The number of benzene rings is 2. The predicted octanol–water partition coefficient (Wildman–Crippen LogP) is 6.51. The molecule has 0 unspecified atom stereocenters. The van der Waals surface area contributed by atoms with Crippen LogP contribution in [0.2, 0.25) is 0 Å². The largest absolute Gasteiger partial charge is 0.398 e. The predicted molar refractivity (Wildman–Crippen MR) is 161 cm³/mol. The van der Waals surface area contributed by atoms with Crippen molar-refractivity contribution in [1.29, 1.82) is 0 Å². The quantitative estimate of drug-likeness (QED) is 0.174. The summed E-state index contributed by atoms with van der Waals surface area (Å²) in [5.41, 5.74) is 16.7. The number of aromatic nitrogens is 2. The van der Waals surface area contributed by atoms with E-state index in [4.69, 9.17) is 11.5 Å². The van der Waals surface area contributed by atoms with Crippen LogP contribution in [0.25, 0.3) is 21.8 Å². The molecule has 0 aliphatic heterocycles. The van der Waals surface area contributed by atoms with E-state index in [2.05, 4.69) is 34.4 Å². The molecule has 0 bridgehead atoms. The molecule has 0 atom stereocenters. The van der Waals surface area contributed by atoms with Gasteiger partial charge in [0.15, 0.2) is 0 Å². The van der Waals surface area contributed by atoms with E-state index in [1.54, 1.807) is 24.3 Å². The van der Waals surface area contributed by atoms with E-state index >= 15 is 0 Å². The SMILES string of the molecule is CCCCC(CCCC)(C(=O)Nc1ccc2nc(C)cc(N)c2c1)C(=O)Nc1ccc2nc(C)cc(N)c2c1. The van der Waals surface area contributed by atoms with E-state index in [0.717, 1.165) is 58.9 Å². The van der Waals surface area contributed by atoms with Crippen LogP contribution in [0, 0.1) is 19.3 Å². The number of anilines is 4. The van der Waals surface area contributed by atoms with Crippen molar-refractivity contribution in [2.75, 3.05) is 22.1 Å². The van der Waals surface area contributed by atoms with E-state index in [1.165, 1.54) is 0 Å². The lowest BCUT2D eigenvalue weighted by Gasteiger charge is -2.31. The number of nitrogens with one attached hydrogen (secondary N) is 2. The molecule has 2 heterocycles. The van der Waals surface area contributed by atoms with Crippen molar-refractivity contribution in [2.45, 2.75) is 66.2 Å². The highest BCUT2D eigenvalue weighted by atomic mass is 16.2. The number of carbonyl (C=O) groups is 2. The zero-order valence-electron chi connectivity index (χ0n) is 23.2. The van der Waals surface area contributed by atoms with Crippen LogP contribution in [0.4, 0.5) is 22.7 Å². The number of amides is 2. The summed E-state index contributed by atoms with van der Waals surface area (Å²) in [5.74, 6) is -0.644. The zero-order valence-corrected chi connectivity index (χ0v) is 23.2. The number of carbonyl (C=O) groups excluding carboxylic acids is 2. The Bertz CT molecular complexity index is 1420. The second-order valence-electron chi connectivity index (χ2n) is 10.4. The maximum atomic E-state index is 14.0.